The number of rotatable bonds is 11. The van der Waals surface area contributed by atoms with Crippen LogP contribution in [0.15, 0.2) is 11.6 Å². The van der Waals surface area contributed by atoms with Crippen LogP contribution >= 0.6 is 0 Å². The smallest absolute Gasteiger partial charge is 0.249 e. The molecule has 40 heavy (non-hydrogen) atoms. The fourth-order valence-corrected chi connectivity index (χ4v) is 6.84. The van der Waals surface area contributed by atoms with Crippen LogP contribution < -0.4 is 5.32 Å². The van der Waals surface area contributed by atoms with E-state index < -0.39 is 6.04 Å². The molecule has 0 aromatic rings. The lowest BCUT2D eigenvalue weighted by Gasteiger charge is -2.39. The van der Waals surface area contributed by atoms with Gasteiger partial charge in [-0.3, -0.25) is 19.3 Å². The molecule has 3 amide bonds. The van der Waals surface area contributed by atoms with Crippen molar-refractivity contribution in [1.29, 1.82) is 0 Å². The van der Waals surface area contributed by atoms with E-state index in [1.807, 2.05) is 33.9 Å². The van der Waals surface area contributed by atoms with E-state index in [2.05, 4.69) is 47.7 Å². The largest absolute Gasteiger partial charge is 0.343 e. The molecular weight excluding hydrogens is 502 g/mol. The summed E-state index contributed by atoms with van der Waals surface area (Å²) in [5.74, 6) is 0.0147. The van der Waals surface area contributed by atoms with Crippen molar-refractivity contribution in [2.75, 3.05) is 39.8 Å². The van der Waals surface area contributed by atoms with Crippen molar-refractivity contribution in [1.82, 2.24) is 24.9 Å². The van der Waals surface area contributed by atoms with E-state index in [1.54, 1.807) is 4.90 Å². The number of hydrogen-bond donors (Lipinski definition) is 1. The highest BCUT2D eigenvalue weighted by Gasteiger charge is 2.37. The number of hydrogen-bond acceptors (Lipinski definition) is 5. The van der Waals surface area contributed by atoms with Gasteiger partial charge < -0.3 is 20.0 Å². The minimum atomic E-state index is -0.609. The third-order valence-corrected chi connectivity index (χ3v) is 9.28. The van der Waals surface area contributed by atoms with Crippen LogP contribution in [0.25, 0.3) is 0 Å². The van der Waals surface area contributed by atoms with Gasteiger partial charge in [0.25, 0.3) is 0 Å². The molecule has 0 saturated carbocycles. The van der Waals surface area contributed by atoms with Crippen molar-refractivity contribution in [3.63, 3.8) is 0 Å². The molecule has 4 atom stereocenters. The highest BCUT2D eigenvalue weighted by atomic mass is 16.2. The standard InChI is InChI=1S/C32H57N5O3/c1-22(2)28(20-25(7)31(39)37-19-13-14-26(37)21-35-16-11-12-17-35)34(8)32(40)29(23(3)4)33-30(38)27-15-9-10-18-36(27)24(5)6/h20,22-24,26-29H,9-19,21H2,1-8H3,(H,33,38)/b25-20+/t26-,27?,28+,29-/m0/s1. The highest BCUT2D eigenvalue weighted by Crippen LogP contribution is 2.24. The zero-order chi connectivity index (χ0) is 29.6. The molecule has 0 aliphatic carbocycles. The third kappa shape index (κ3) is 8.09. The summed E-state index contributed by atoms with van der Waals surface area (Å²) in [4.78, 5) is 49.5. The van der Waals surface area contributed by atoms with Crippen molar-refractivity contribution in [2.24, 2.45) is 11.8 Å². The molecule has 1 unspecified atom stereocenters. The Morgan fingerprint density at radius 1 is 0.875 bits per heavy atom. The first-order valence-corrected chi connectivity index (χ1v) is 16.0. The Hall–Kier alpha value is -1.93. The summed E-state index contributed by atoms with van der Waals surface area (Å²) in [6, 6.07) is -0.480. The van der Waals surface area contributed by atoms with Gasteiger partial charge in [0, 0.05) is 37.8 Å². The van der Waals surface area contributed by atoms with Gasteiger partial charge in [-0.15, -0.1) is 0 Å². The van der Waals surface area contributed by atoms with Gasteiger partial charge in [0.15, 0.2) is 0 Å². The first-order chi connectivity index (χ1) is 18.9. The molecule has 0 spiro atoms. The fourth-order valence-electron chi connectivity index (χ4n) is 6.84. The summed E-state index contributed by atoms with van der Waals surface area (Å²) >= 11 is 0. The van der Waals surface area contributed by atoms with E-state index in [9.17, 15) is 14.4 Å². The van der Waals surface area contributed by atoms with Crippen LogP contribution in [-0.2, 0) is 14.4 Å². The molecule has 0 aromatic carbocycles. The highest BCUT2D eigenvalue weighted by molar-refractivity contribution is 5.94. The predicted molar refractivity (Wildman–Crippen MR) is 162 cm³/mol. The van der Waals surface area contributed by atoms with Gasteiger partial charge in [0.1, 0.15) is 6.04 Å². The van der Waals surface area contributed by atoms with Gasteiger partial charge in [-0.1, -0.05) is 40.2 Å². The lowest BCUT2D eigenvalue weighted by molar-refractivity contribution is -0.140. The van der Waals surface area contributed by atoms with Crippen LogP contribution in [0, 0.1) is 11.8 Å². The van der Waals surface area contributed by atoms with Crippen molar-refractivity contribution in [2.45, 2.75) is 124 Å². The maximum absolute atomic E-state index is 13.9. The molecular formula is C32H57N5O3. The van der Waals surface area contributed by atoms with Crippen molar-refractivity contribution in [3.8, 4) is 0 Å². The normalized spacial score (nSPS) is 24.7. The zero-order valence-electron chi connectivity index (χ0n) is 26.6. The van der Waals surface area contributed by atoms with Crippen molar-refractivity contribution < 1.29 is 14.4 Å². The molecule has 3 fully saturated rings. The second-order valence-corrected chi connectivity index (χ2v) is 13.4. The number of nitrogens with one attached hydrogen (secondary N) is 1. The van der Waals surface area contributed by atoms with Crippen LogP contribution in [0.5, 0.6) is 0 Å². The monoisotopic (exact) mass is 559 g/mol. The Labute approximate surface area is 243 Å². The molecule has 8 heteroatoms. The van der Waals surface area contributed by atoms with Crippen LogP contribution in [0.3, 0.4) is 0 Å². The van der Waals surface area contributed by atoms with Crippen LogP contribution in [0.1, 0.15) is 93.4 Å². The van der Waals surface area contributed by atoms with Crippen LogP contribution in [0.4, 0.5) is 0 Å². The molecule has 3 aliphatic heterocycles. The summed E-state index contributed by atoms with van der Waals surface area (Å²) in [5.41, 5.74) is 0.701. The van der Waals surface area contributed by atoms with E-state index in [4.69, 9.17) is 0 Å². The summed E-state index contributed by atoms with van der Waals surface area (Å²) in [7, 11) is 1.82. The minimum absolute atomic E-state index is 0.0464. The predicted octanol–water partition coefficient (Wildman–Crippen LogP) is 3.91. The number of piperidine rings is 1. The number of carbonyl (C=O) groups excluding carboxylic acids is 3. The number of likely N-dealkylation sites (tertiary alicyclic amines) is 3. The van der Waals surface area contributed by atoms with Crippen molar-refractivity contribution in [3.05, 3.63) is 11.6 Å². The number of amides is 3. The van der Waals surface area contributed by atoms with E-state index in [1.165, 1.54) is 12.8 Å². The van der Waals surface area contributed by atoms with Crippen LogP contribution in [-0.4, -0.2) is 107 Å². The Balaban J connectivity index is 1.71. The average Bonchev–Trinajstić information content (AvgIpc) is 3.61. The van der Waals surface area contributed by atoms with E-state index in [0.717, 1.165) is 64.8 Å². The van der Waals surface area contributed by atoms with Gasteiger partial charge in [-0.25, -0.2) is 0 Å². The molecule has 3 aliphatic rings. The average molecular weight is 560 g/mol. The maximum atomic E-state index is 13.9. The minimum Gasteiger partial charge on any atom is -0.343 e. The summed E-state index contributed by atoms with van der Waals surface area (Å²) < 4.78 is 0. The Bertz CT molecular complexity index is 895. The summed E-state index contributed by atoms with van der Waals surface area (Å²) in [6.07, 6.45) is 9.57. The second kappa shape index (κ2) is 14.8. The van der Waals surface area contributed by atoms with Gasteiger partial charge in [-0.2, -0.15) is 0 Å². The number of likely N-dealkylation sites (N-methyl/N-ethyl adjacent to an activating group) is 1. The van der Waals surface area contributed by atoms with E-state index >= 15 is 0 Å². The first kappa shape index (κ1) is 32.6. The SMILES string of the molecule is C/C(=C\[C@H](C(C)C)N(C)C(=O)[C@@H](NC(=O)C1CCCCN1C(C)C)C(C)C)C(=O)N1CCC[C@H]1CN1CCCC1. The first-order valence-electron chi connectivity index (χ1n) is 16.0. The topological polar surface area (TPSA) is 76.2 Å². The number of nitrogens with zero attached hydrogens (tertiary/aromatic N) is 4. The van der Waals surface area contributed by atoms with Gasteiger partial charge in [-0.05, 0) is 90.8 Å². The van der Waals surface area contributed by atoms with Crippen LogP contribution in [0.2, 0.25) is 0 Å². The van der Waals surface area contributed by atoms with E-state index in [-0.39, 0.29) is 53.7 Å². The van der Waals surface area contributed by atoms with Gasteiger partial charge in [0.2, 0.25) is 17.7 Å². The summed E-state index contributed by atoms with van der Waals surface area (Å²) in [6.45, 7) is 19.3. The lowest BCUT2D eigenvalue weighted by atomic mass is 9.95. The van der Waals surface area contributed by atoms with Gasteiger partial charge in [0.05, 0.1) is 12.1 Å². The third-order valence-electron chi connectivity index (χ3n) is 9.28. The number of carbonyl (C=O) groups is 3. The molecule has 228 valence electrons. The second-order valence-electron chi connectivity index (χ2n) is 13.4. The fraction of sp³-hybridized carbons (Fsp3) is 0.844. The molecule has 8 nitrogen and oxygen atoms in total. The Kier molecular flexibility index (Phi) is 12.1. The molecule has 1 N–H and O–H groups in total. The molecule has 3 rings (SSSR count). The quantitative estimate of drug-likeness (QED) is 0.389. The van der Waals surface area contributed by atoms with Crippen molar-refractivity contribution >= 4 is 17.7 Å². The molecule has 0 radical (unpaired) electrons. The molecule has 3 saturated heterocycles. The van der Waals surface area contributed by atoms with E-state index in [0.29, 0.717) is 5.57 Å². The Morgan fingerprint density at radius 2 is 1.52 bits per heavy atom. The summed E-state index contributed by atoms with van der Waals surface area (Å²) in [5, 5.41) is 3.13. The molecule has 0 bridgehead atoms. The zero-order valence-corrected chi connectivity index (χ0v) is 26.6. The molecule has 0 aromatic heterocycles. The lowest BCUT2D eigenvalue weighted by Crippen LogP contribution is -2.58. The van der Waals surface area contributed by atoms with Gasteiger partial charge >= 0.3 is 0 Å². The molecule has 3 heterocycles. The Morgan fingerprint density at radius 3 is 2.12 bits per heavy atom. The maximum Gasteiger partial charge on any atom is 0.249 e.